The van der Waals surface area contributed by atoms with Crippen molar-refractivity contribution in [3.8, 4) is 5.75 Å². The number of rotatable bonds is 7. The minimum atomic E-state index is -0.287. The SMILES string of the molecule is CC(C)Oc1ccc(N)c(C(=N)C(C)/C=C(\N=CN)N2CCN(C)C(=O)C2)c1. The summed E-state index contributed by atoms with van der Waals surface area (Å²) in [5.74, 6) is 0.985. The second kappa shape index (κ2) is 9.25. The number of nitrogens with one attached hydrogen (secondary N) is 1. The van der Waals surface area contributed by atoms with Crippen molar-refractivity contribution < 1.29 is 9.53 Å². The van der Waals surface area contributed by atoms with Gasteiger partial charge in [0.05, 0.1) is 19.0 Å². The Morgan fingerprint density at radius 1 is 1.32 bits per heavy atom. The van der Waals surface area contributed by atoms with E-state index < -0.39 is 0 Å². The summed E-state index contributed by atoms with van der Waals surface area (Å²) < 4.78 is 5.72. The molecule has 1 saturated heterocycles. The van der Waals surface area contributed by atoms with Crippen LogP contribution in [0.25, 0.3) is 0 Å². The zero-order valence-electron chi connectivity index (χ0n) is 17.0. The average molecular weight is 387 g/mol. The molecule has 1 aliphatic heterocycles. The van der Waals surface area contributed by atoms with E-state index in [1.54, 1.807) is 30.1 Å². The van der Waals surface area contributed by atoms with Gasteiger partial charge in [0, 0.05) is 43.0 Å². The van der Waals surface area contributed by atoms with Gasteiger partial charge in [0.25, 0.3) is 0 Å². The van der Waals surface area contributed by atoms with Gasteiger partial charge in [-0.2, -0.15) is 0 Å². The van der Waals surface area contributed by atoms with Gasteiger partial charge in [0.15, 0.2) is 0 Å². The summed E-state index contributed by atoms with van der Waals surface area (Å²) in [6, 6.07) is 5.33. The summed E-state index contributed by atoms with van der Waals surface area (Å²) >= 11 is 0. The van der Waals surface area contributed by atoms with Crippen molar-refractivity contribution in [3.63, 3.8) is 0 Å². The molecule has 2 rings (SSSR count). The summed E-state index contributed by atoms with van der Waals surface area (Å²) in [6.07, 6.45) is 3.07. The molecule has 1 amide bonds. The molecule has 0 radical (unpaired) electrons. The maximum absolute atomic E-state index is 12.0. The fourth-order valence-corrected chi connectivity index (χ4v) is 2.93. The van der Waals surface area contributed by atoms with Crippen molar-refractivity contribution in [3.05, 3.63) is 35.7 Å². The number of anilines is 1. The monoisotopic (exact) mass is 386 g/mol. The minimum Gasteiger partial charge on any atom is -0.491 e. The number of carbonyl (C=O) groups is 1. The molecule has 5 N–H and O–H groups in total. The maximum Gasteiger partial charge on any atom is 0.241 e. The van der Waals surface area contributed by atoms with E-state index in [4.69, 9.17) is 21.6 Å². The number of allylic oxidation sites excluding steroid dienone is 1. The second-order valence-electron chi connectivity index (χ2n) is 7.16. The maximum atomic E-state index is 12.0. The van der Waals surface area contributed by atoms with Crippen LogP contribution in [-0.4, -0.2) is 60.5 Å². The minimum absolute atomic E-state index is 0.0230. The molecule has 1 aliphatic rings. The Bertz CT molecular complexity index is 787. The third kappa shape index (κ3) is 5.25. The first-order valence-electron chi connectivity index (χ1n) is 9.33. The van der Waals surface area contributed by atoms with Gasteiger partial charge in [-0.3, -0.25) is 4.79 Å². The molecule has 1 unspecified atom stereocenters. The Kier molecular flexibility index (Phi) is 7.03. The van der Waals surface area contributed by atoms with Crippen LogP contribution in [-0.2, 0) is 4.79 Å². The third-order valence-corrected chi connectivity index (χ3v) is 4.53. The van der Waals surface area contributed by atoms with Crippen LogP contribution in [0.15, 0.2) is 35.1 Å². The van der Waals surface area contributed by atoms with E-state index in [-0.39, 0.29) is 24.5 Å². The van der Waals surface area contributed by atoms with Crippen LogP contribution in [0.3, 0.4) is 0 Å². The Balaban J connectivity index is 2.26. The number of nitrogens with two attached hydrogens (primary N) is 2. The summed E-state index contributed by atoms with van der Waals surface area (Å²) in [6.45, 7) is 7.29. The topological polar surface area (TPSA) is 121 Å². The number of amides is 1. The zero-order valence-corrected chi connectivity index (χ0v) is 17.0. The standard InChI is InChI=1S/C20H30N6O2/c1-13(2)28-15-5-6-17(22)16(10-15)20(23)14(3)9-18(24-12-21)26-8-7-25(4)19(27)11-26/h5-6,9-10,12-14,23H,7-8,11,22H2,1-4H3,(H2,21,24)/b18-9+,23-20?. The first kappa shape index (κ1) is 21.3. The number of hydrogen-bond donors (Lipinski definition) is 3. The third-order valence-electron chi connectivity index (χ3n) is 4.53. The van der Waals surface area contributed by atoms with Crippen molar-refractivity contribution >= 4 is 23.6 Å². The Labute approximate surface area is 166 Å². The van der Waals surface area contributed by atoms with Gasteiger partial charge in [0.1, 0.15) is 11.6 Å². The molecule has 8 heteroatoms. The normalized spacial score (nSPS) is 16.8. The lowest BCUT2D eigenvalue weighted by Crippen LogP contribution is -2.47. The lowest BCUT2D eigenvalue weighted by atomic mass is 9.96. The van der Waals surface area contributed by atoms with Gasteiger partial charge in [0.2, 0.25) is 5.91 Å². The molecule has 1 atom stereocenters. The van der Waals surface area contributed by atoms with E-state index in [1.807, 2.05) is 31.7 Å². The van der Waals surface area contributed by atoms with Crippen molar-refractivity contribution in [1.82, 2.24) is 9.80 Å². The number of nitrogens with zero attached hydrogens (tertiary/aromatic N) is 3. The van der Waals surface area contributed by atoms with Crippen LogP contribution in [0.4, 0.5) is 5.69 Å². The molecule has 1 aromatic rings. The molecule has 0 spiro atoms. The lowest BCUT2D eigenvalue weighted by molar-refractivity contribution is -0.133. The quantitative estimate of drug-likeness (QED) is 0.374. The fourth-order valence-electron chi connectivity index (χ4n) is 2.93. The van der Waals surface area contributed by atoms with Crippen LogP contribution >= 0.6 is 0 Å². The highest BCUT2D eigenvalue weighted by atomic mass is 16.5. The molecule has 152 valence electrons. The molecule has 0 aromatic heterocycles. The molecule has 1 heterocycles. The Morgan fingerprint density at radius 3 is 2.64 bits per heavy atom. The van der Waals surface area contributed by atoms with Gasteiger partial charge in [-0.1, -0.05) is 6.92 Å². The molecular weight excluding hydrogens is 356 g/mol. The Morgan fingerprint density at radius 2 is 2.04 bits per heavy atom. The van der Waals surface area contributed by atoms with E-state index in [0.717, 1.165) is 0 Å². The number of hydrogen-bond acceptors (Lipinski definition) is 6. The van der Waals surface area contributed by atoms with Crippen LogP contribution in [0.2, 0.25) is 0 Å². The van der Waals surface area contributed by atoms with E-state index in [9.17, 15) is 4.79 Å². The molecule has 0 saturated carbocycles. The largest absolute Gasteiger partial charge is 0.491 e. The highest BCUT2D eigenvalue weighted by Gasteiger charge is 2.23. The molecule has 0 bridgehead atoms. The summed E-state index contributed by atoms with van der Waals surface area (Å²) in [7, 11) is 1.78. The second-order valence-corrected chi connectivity index (χ2v) is 7.16. The molecular formula is C20H30N6O2. The number of piperazine rings is 1. The van der Waals surface area contributed by atoms with Crippen LogP contribution in [0.1, 0.15) is 26.3 Å². The van der Waals surface area contributed by atoms with Crippen molar-refractivity contribution in [2.24, 2.45) is 16.6 Å². The number of carbonyl (C=O) groups excluding carboxylic acids is 1. The van der Waals surface area contributed by atoms with Crippen molar-refractivity contribution in [2.45, 2.75) is 26.9 Å². The fraction of sp³-hybridized carbons (Fsp3) is 0.450. The number of aliphatic imine (C=N–C) groups is 1. The van der Waals surface area contributed by atoms with E-state index in [0.29, 0.717) is 41.6 Å². The van der Waals surface area contributed by atoms with E-state index in [1.165, 1.54) is 6.34 Å². The van der Waals surface area contributed by atoms with Crippen molar-refractivity contribution in [2.75, 3.05) is 32.4 Å². The predicted molar refractivity (Wildman–Crippen MR) is 113 cm³/mol. The summed E-state index contributed by atoms with van der Waals surface area (Å²) in [5.41, 5.74) is 13.1. The van der Waals surface area contributed by atoms with E-state index >= 15 is 0 Å². The lowest BCUT2D eigenvalue weighted by Gasteiger charge is -2.33. The van der Waals surface area contributed by atoms with Crippen LogP contribution in [0, 0.1) is 11.3 Å². The number of benzene rings is 1. The molecule has 8 nitrogen and oxygen atoms in total. The first-order valence-corrected chi connectivity index (χ1v) is 9.33. The van der Waals surface area contributed by atoms with Gasteiger partial charge >= 0.3 is 0 Å². The smallest absolute Gasteiger partial charge is 0.241 e. The van der Waals surface area contributed by atoms with Gasteiger partial charge in [-0.05, 0) is 38.1 Å². The van der Waals surface area contributed by atoms with Crippen LogP contribution in [0.5, 0.6) is 5.75 Å². The molecule has 0 aliphatic carbocycles. The highest BCUT2D eigenvalue weighted by molar-refractivity contribution is 6.05. The highest BCUT2D eigenvalue weighted by Crippen LogP contribution is 2.25. The van der Waals surface area contributed by atoms with Gasteiger partial charge < -0.3 is 31.4 Å². The van der Waals surface area contributed by atoms with Gasteiger partial charge in [-0.15, -0.1) is 0 Å². The molecule has 1 fully saturated rings. The predicted octanol–water partition coefficient (Wildman–Crippen LogP) is 1.66. The zero-order chi connectivity index (χ0) is 20.8. The van der Waals surface area contributed by atoms with Crippen molar-refractivity contribution in [1.29, 1.82) is 5.41 Å². The van der Waals surface area contributed by atoms with Gasteiger partial charge in [-0.25, -0.2) is 4.99 Å². The van der Waals surface area contributed by atoms with E-state index in [2.05, 4.69) is 4.99 Å². The summed E-state index contributed by atoms with van der Waals surface area (Å²) in [4.78, 5) is 19.8. The number of likely N-dealkylation sites (N-methyl/N-ethyl adjacent to an activating group) is 1. The first-order chi connectivity index (χ1) is 13.2. The molecule has 1 aromatic carbocycles. The van der Waals surface area contributed by atoms with Crippen LogP contribution < -0.4 is 16.2 Å². The number of ether oxygens (including phenoxy) is 1. The molecule has 28 heavy (non-hydrogen) atoms. The summed E-state index contributed by atoms with van der Waals surface area (Å²) in [5, 5.41) is 8.61. The Hall–Kier alpha value is -3.03. The average Bonchev–Trinajstić information content (AvgIpc) is 2.64. The number of nitrogen functional groups attached to an aromatic ring is 1.